The van der Waals surface area contributed by atoms with Gasteiger partial charge in [-0.15, -0.1) is 0 Å². The molecule has 2 heterocycles. The number of aromatic nitrogens is 4. The standard InChI is InChI=1S/C10H9N5O3/c1-15-10(12-5-13-15)14-8(16)6-2-3-11-7(4-6)9(17)18/h2-5H,1H3,(H,17,18)(H,12,13,14,16). The molecule has 0 aliphatic rings. The molecule has 0 unspecified atom stereocenters. The van der Waals surface area contributed by atoms with E-state index >= 15 is 0 Å². The highest BCUT2D eigenvalue weighted by Crippen LogP contribution is 2.06. The molecule has 0 saturated heterocycles. The predicted octanol–water partition coefficient (Wildman–Crippen LogP) is 0.161. The molecule has 0 saturated carbocycles. The maximum absolute atomic E-state index is 11.8. The molecule has 92 valence electrons. The van der Waals surface area contributed by atoms with E-state index in [1.165, 1.54) is 29.3 Å². The monoisotopic (exact) mass is 247 g/mol. The van der Waals surface area contributed by atoms with Crippen molar-refractivity contribution in [3.63, 3.8) is 0 Å². The molecule has 0 radical (unpaired) electrons. The predicted molar refractivity (Wildman–Crippen MR) is 60.2 cm³/mol. The fraction of sp³-hybridized carbons (Fsp3) is 0.100. The molecular formula is C10H9N5O3. The van der Waals surface area contributed by atoms with Gasteiger partial charge in [-0.1, -0.05) is 0 Å². The molecule has 8 nitrogen and oxygen atoms in total. The van der Waals surface area contributed by atoms with Crippen LogP contribution < -0.4 is 5.32 Å². The average molecular weight is 247 g/mol. The van der Waals surface area contributed by atoms with Gasteiger partial charge in [0, 0.05) is 18.8 Å². The van der Waals surface area contributed by atoms with Gasteiger partial charge in [0.15, 0.2) is 0 Å². The number of carboxylic acid groups (broad SMARTS) is 1. The molecule has 2 aromatic heterocycles. The number of amides is 1. The Kier molecular flexibility index (Phi) is 3.00. The second-order valence-corrected chi connectivity index (χ2v) is 3.40. The lowest BCUT2D eigenvalue weighted by Crippen LogP contribution is -2.16. The van der Waals surface area contributed by atoms with Gasteiger partial charge in [-0.2, -0.15) is 10.1 Å². The minimum atomic E-state index is -1.19. The molecule has 2 rings (SSSR count). The van der Waals surface area contributed by atoms with E-state index in [1.807, 2.05) is 0 Å². The summed E-state index contributed by atoms with van der Waals surface area (Å²) in [5, 5.41) is 15.1. The van der Waals surface area contributed by atoms with Crippen LogP contribution in [0.4, 0.5) is 5.95 Å². The molecule has 8 heteroatoms. The molecule has 0 bridgehead atoms. The van der Waals surface area contributed by atoms with E-state index in [-0.39, 0.29) is 17.2 Å². The number of pyridine rings is 1. The second kappa shape index (κ2) is 4.62. The summed E-state index contributed by atoms with van der Waals surface area (Å²) < 4.78 is 1.39. The Bertz CT molecular complexity index is 607. The Morgan fingerprint density at radius 1 is 1.39 bits per heavy atom. The number of rotatable bonds is 3. The summed E-state index contributed by atoms with van der Waals surface area (Å²) in [6, 6.07) is 2.60. The van der Waals surface area contributed by atoms with Crippen molar-refractivity contribution in [2.24, 2.45) is 7.05 Å². The summed E-state index contributed by atoms with van der Waals surface area (Å²) in [6.45, 7) is 0. The summed E-state index contributed by atoms with van der Waals surface area (Å²) in [5.74, 6) is -1.40. The molecule has 0 spiro atoms. The maximum atomic E-state index is 11.8. The highest BCUT2D eigenvalue weighted by molar-refractivity contribution is 6.04. The molecule has 18 heavy (non-hydrogen) atoms. The number of hydrogen-bond donors (Lipinski definition) is 2. The molecule has 2 aromatic rings. The summed E-state index contributed by atoms with van der Waals surface area (Å²) in [5.41, 5.74) is -0.00832. The molecule has 1 amide bonds. The molecule has 0 atom stereocenters. The normalized spacial score (nSPS) is 10.1. The van der Waals surface area contributed by atoms with Gasteiger partial charge in [0.1, 0.15) is 12.0 Å². The number of carboxylic acids is 1. The zero-order chi connectivity index (χ0) is 13.1. The first kappa shape index (κ1) is 11.7. The van der Waals surface area contributed by atoms with Gasteiger partial charge < -0.3 is 5.11 Å². The summed E-state index contributed by atoms with van der Waals surface area (Å²) >= 11 is 0. The van der Waals surface area contributed by atoms with E-state index in [0.29, 0.717) is 0 Å². The zero-order valence-corrected chi connectivity index (χ0v) is 9.36. The Morgan fingerprint density at radius 2 is 2.17 bits per heavy atom. The van der Waals surface area contributed by atoms with E-state index < -0.39 is 11.9 Å². The maximum Gasteiger partial charge on any atom is 0.354 e. The van der Waals surface area contributed by atoms with Gasteiger partial charge in [0.2, 0.25) is 5.95 Å². The highest BCUT2D eigenvalue weighted by Gasteiger charge is 2.12. The van der Waals surface area contributed by atoms with Gasteiger partial charge in [0.05, 0.1) is 0 Å². The molecule has 2 N–H and O–H groups in total. The quantitative estimate of drug-likeness (QED) is 0.799. The van der Waals surface area contributed by atoms with Crippen molar-refractivity contribution in [2.45, 2.75) is 0 Å². The molecule has 0 aromatic carbocycles. The van der Waals surface area contributed by atoms with Gasteiger partial charge in [0.25, 0.3) is 5.91 Å². The number of nitrogens with zero attached hydrogens (tertiary/aromatic N) is 4. The van der Waals surface area contributed by atoms with Gasteiger partial charge >= 0.3 is 5.97 Å². The number of hydrogen-bond acceptors (Lipinski definition) is 5. The van der Waals surface area contributed by atoms with Gasteiger partial charge in [-0.05, 0) is 12.1 Å². The van der Waals surface area contributed by atoms with Crippen molar-refractivity contribution in [3.05, 3.63) is 35.9 Å². The Hall–Kier alpha value is -2.77. The number of anilines is 1. The van der Waals surface area contributed by atoms with Crippen LogP contribution in [0.5, 0.6) is 0 Å². The fourth-order valence-corrected chi connectivity index (χ4v) is 1.27. The second-order valence-electron chi connectivity index (χ2n) is 3.40. The first-order chi connectivity index (χ1) is 8.58. The Morgan fingerprint density at radius 3 is 2.78 bits per heavy atom. The number of carbonyl (C=O) groups excluding carboxylic acids is 1. The van der Waals surface area contributed by atoms with Crippen molar-refractivity contribution in [3.8, 4) is 0 Å². The van der Waals surface area contributed by atoms with Crippen molar-refractivity contribution in [2.75, 3.05) is 5.32 Å². The minimum absolute atomic E-state index is 0.186. The van der Waals surface area contributed by atoms with E-state index in [2.05, 4.69) is 20.4 Å². The third-order valence-electron chi connectivity index (χ3n) is 2.18. The summed E-state index contributed by atoms with van der Waals surface area (Å²) in [7, 11) is 1.62. The third-order valence-corrected chi connectivity index (χ3v) is 2.18. The smallest absolute Gasteiger partial charge is 0.354 e. The third kappa shape index (κ3) is 2.32. The van der Waals surface area contributed by atoms with Crippen LogP contribution in [0.15, 0.2) is 24.7 Å². The topological polar surface area (TPSA) is 110 Å². The number of carbonyl (C=O) groups is 2. The van der Waals surface area contributed by atoms with Crippen LogP contribution in [0.2, 0.25) is 0 Å². The minimum Gasteiger partial charge on any atom is -0.477 e. The van der Waals surface area contributed by atoms with Gasteiger partial charge in [-0.25, -0.2) is 14.5 Å². The van der Waals surface area contributed by atoms with Crippen LogP contribution in [-0.4, -0.2) is 36.7 Å². The Balaban J connectivity index is 2.21. The van der Waals surface area contributed by atoms with Crippen LogP contribution in [0.1, 0.15) is 20.8 Å². The van der Waals surface area contributed by atoms with Gasteiger partial charge in [-0.3, -0.25) is 10.1 Å². The van der Waals surface area contributed by atoms with Crippen molar-refractivity contribution in [1.29, 1.82) is 0 Å². The van der Waals surface area contributed by atoms with Crippen LogP contribution >= 0.6 is 0 Å². The number of aromatic carboxylic acids is 1. The van der Waals surface area contributed by atoms with Crippen LogP contribution in [0.25, 0.3) is 0 Å². The Labute approximate surface area is 101 Å². The van der Waals surface area contributed by atoms with Crippen molar-refractivity contribution in [1.82, 2.24) is 19.7 Å². The summed E-state index contributed by atoms with van der Waals surface area (Å²) in [4.78, 5) is 30.0. The molecule has 0 aliphatic heterocycles. The van der Waals surface area contributed by atoms with E-state index in [9.17, 15) is 9.59 Å². The molecule has 0 aliphatic carbocycles. The number of nitrogens with one attached hydrogen (secondary N) is 1. The lowest BCUT2D eigenvalue weighted by Gasteiger charge is -2.04. The first-order valence-corrected chi connectivity index (χ1v) is 4.92. The van der Waals surface area contributed by atoms with Crippen LogP contribution in [0, 0.1) is 0 Å². The van der Waals surface area contributed by atoms with Crippen molar-refractivity contribution < 1.29 is 14.7 Å². The number of aryl methyl sites for hydroxylation is 1. The molecule has 0 fully saturated rings. The fourth-order valence-electron chi connectivity index (χ4n) is 1.27. The van der Waals surface area contributed by atoms with E-state index in [4.69, 9.17) is 5.11 Å². The molecular weight excluding hydrogens is 238 g/mol. The van der Waals surface area contributed by atoms with E-state index in [1.54, 1.807) is 7.05 Å². The van der Waals surface area contributed by atoms with Crippen LogP contribution in [-0.2, 0) is 7.05 Å². The summed E-state index contributed by atoms with van der Waals surface area (Å²) in [6.07, 6.45) is 2.56. The average Bonchev–Trinajstić information content (AvgIpc) is 2.75. The first-order valence-electron chi connectivity index (χ1n) is 4.92. The SMILES string of the molecule is Cn1ncnc1NC(=O)c1ccnc(C(=O)O)c1. The van der Waals surface area contributed by atoms with E-state index in [0.717, 1.165) is 0 Å². The lowest BCUT2D eigenvalue weighted by atomic mass is 10.2. The zero-order valence-electron chi connectivity index (χ0n) is 9.36. The van der Waals surface area contributed by atoms with Crippen LogP contribution in [0.3, 0.4) is 0 Å². The lowest BCUT2D eigenvalue weighted by molar-refractivity contribution is 0.0690. The van der Waals surface area contributed by atoms with Crippen molar-refractivity contribution >= 4 is 17.8 Å². The highest BCUT2D eigenvalue weighted by atomic mass is 16.4. The largest absolute Gasteiger partial charge is 0.477 e.